The highest BCUT2D eigenvalue weighted by Gasteiger charge is 2.32. The quantitative estimate of drug-likeness (QED) is 0.727. The Bertz CT molecular complexity index is 698. The summed E-state index contributed by atoms with van der Waals surface area (Å²) in [6.45, 7) is 9.67. The van der Waals surface area contributed by atoms with Gasteiger partial charge in [0.05, 0.1) is 12.5 Å². The van der Waals surface area contributed by atoms with E-state index in [9.17, 15) is 14.4 Å². The van der Waals surface area contributed by atoms with Gasteiger partial charge in [0.1, 0.15) is 0 Å². The molecule has 8 heteroatoms. The molecule has 0 aromatic carbocycles. The molecule has 1 unspecified atom stereocenters. The van der Waals surface area contributed by atoms with Crippen molar-refractivity contribution in [1.29, 1.82) is 0 Å². The Kier molecular flexibility index (Phi) is 6.30. The Balaban J connectivity index is 1.90. The third kappa shape index (κ3) is 4.88. The van der Waals surface area contributed by atoms with E-state index in [2.05, 4.69) is 15.6 Å². The van der Waals surface area contributed by atoms with Crippen molar-refractivity contribution in [1.82, 2.24) is 25.1 Å². The van der Waals surface area contributed by atoms with Crippen molar-refractivity contribution < 1.29 is 9.59 Å². The van der Waals surface area contributed by atoms with Crippen LogP contribution in [0.15, 0.2) is 10.9 Å². The number of nitrogens with one attached hydrogen (secondary N) is 2. The fraction of sp³-hybridized carbons (Fsp3) is 0.647. The molecule has 2 heterocycles. The van der Waals surface area contributed by atoms with Crippen molar-refractivity contribution in [3.05, 3.63) is 27.9 Å². The number of aromatic nitrogens is 2. The van der Waals surface area contributed by atoms with Gasteiger partial charge in [0.2, 0.25) is 11.8 Å². The molecule has 1 fully saturated rings. The third-order valence-electron chi connectivity index (χ3n) is 4.42. The zero-order chi connectivity index (χ0) is 18.6. The molecule has 0 saturated carbocycles. The number of hydrogen-bond acceptors (Lipinski definition) is 5. The van der Waals surface area contributed by atoms with Gasteiger partial charge in [-0.05, 0) is 33.8 Å². The van der Waals surface area contributed by atoms with E-state index in [1.807, 2.05) is 31.7 Å². The minimum atomic E-state index is -0.445. The van der Waals surface area contributed by atoms with Crippen LogP contribution >= 0.6 is 0 Å². The molecule has 1 aliphatic rings. The van der Waals surface area contributed by atoms with Crippen LogP contribution in [0.4, 0.5) is 0 Å². The summed E-state index contributed by atoms with van der Waals surface area (Å²) in [6.07, 6.45) is 0.115. The lowest BCUT2D eigenvalue weighted by molar-refractivity contribution is -0.134. The minimum Gasteiger partial charge on any atom is -0.354 e. The normalized spacial score (nSPS) is 18.3. The zero-order valence-corrected chi connectivity index (χ0v) is 15.3. The first kappa shape index (κ1) is 19.1. The summed E-state index contributed by atoms with van der Waals surface area (Å²) in [4.78, 5) is 42.1. The molecular weight excluding hydrogens is 322 g/mol. The molecule has 2 rings (SSSR count). The van der Waals surface area contributed by atoms with E-state index in [0.717, 1.165) is 12.2 Å². The number of aryl methyl sites for hydroxylation is 2. The highest BCUT2D eigenvalue weighted by Crippen LogP contribution is 2.12. The average molecular weight is 349 g/mol. The van der Waals surface area contributed by atoms with E-state index in [1.165, 1.54) is 4.57 Å². The molecule has 0 spiro atoms. The molecule has 0 radical (unpaired) electrons. The molecular formula is C17H27N5O3. The predicted molar refractivity (Wildman–Crippen MR) is 94.2 cm³/mol. The van der Waals surface area contributed by atoms with Gasteiger partial charge in [-0.25, -0.2) is 4.79 Å². The van der Waals surface area contributed by atoms with Crippen LogP contribution in [0.25, 0.3) is 0 Å². The molecule has 1 aromatic heterocycles. The third-order valence-corrected chi connectivity index (χ3v) is 4.42. The van der Waals surface area contributed by atoms with E-state index in [4.69, 9.17) is 0 Å². The topological polar surface area (TPSA) is 96.3 Å². The van der Waals surface area contributed by atoms with Crippen molar-refractivity contribution >= 4 is 11.8 Å². The lowest BCUT2D eigenvalue weighted by Crippen LogP contribution is -2.58. The van der Waals surface area contributed by atoms with Crippen LogP contribution in [0.5, 0.6) is 0 Å². The average Bonchev–Trinajstić information content (AvgIpc) is 2.51. The number of amides is 2. The SMILES string of the molecule is Cc1cc(C)n(CCNC(=O)CC2C(=O)NCCN2C(C)C)c(=O)n1. The molecule has 2 N–H and O–H groups in total. The van der Waals surface area contributed by atoms with Gasteiger partial charge in [-0.2, -0.15) is 4.98 Å². The van der Waals surface area contributed by atoms with E-state index < -0.39 is 6.04 Å². The molecule has 1 aromatic rings. The summed E-state index contributed by atoms with van der Waals surface area (Å²) >= 11 is 0. The molecule has 1 saturated heterocycles. The van der Waals surface area contributed by atoms with Crippen molar-refractivity contribution in [3.63, 3.8) is 0 Å². The van der Waals surface area contributed by atoms with Crippen molar-refractivity contribution in [2.75, 3.05) is 19.6 Å². The highest BCUT2D eigenvalue weighted by atomic mass is 16.2. The standard InChI is InChI=1S/C17H27N5O3/c1-11(2)21-7-6-19-16(24)14(21)10-15(23)18-5-8-22-13(4)9-12(3)20-17(22)25/h9,11,14H,5-8,10H2,1-4H3,(H,18,23)(H,19,24). The second-order valence-corrected chi connectivity index (χ2v) is 6.67. The minimum absolute atomic E-state index is 0.107. The number of carbonyl (C=O) groups excluding carboxylic acids is 2. The van der Waals surface area contributed by atoms with Gasteiger partial charge in [-0.1, -0.05) is 0 Å². The van der Waals surface area contributed by atoms with Gasteiger partial charge >= 0.3 is 5.69 Å². The Labute approximate surface area is 147 Å². The molecule has 2 amide bonds. The van der Waals surface area contributed by atoms with Crippen LogP contribution in [0, 0.1) is 13.8 Å². The molecule has 1 aliphatic heterocycles. The Hall–Kier alpha value is -2.22. The summed E-state index contributed by atoms with van der Waals surface area (Å²) in [5, 5.41) is 5.60. The van der Waals surface area contributed by atoms with Crippen LogP contribution in [0.1, 0.15) is 31.7 Å². The Morgan fingerprint density at radius 1 is 1.40 bits per heavy atom. The Morgan fingerprint density at radius 2 is 2.12 bits per heavy atom. The Morgan fingerprint density at radius 3 is 2.76 bits per heavy atom. The first-order valence-electron chi connectivity index (χ1n) is 8.65. The van der Waals surface area contributed by atoms with Crippen LogP contribution in [0.2, 0.25) is 0 Å². The summed E-state index contributed by atoms with van der Waals surface area (Å²) < 4.78 is 1.53. The van der Waals surface area contributed by atoms with E-state index in [-0.39, 0.29) is 30.0 Å². The van der Waals surface area contributed by atoms with Gasteiger partial charge in [0, 0.05) is 43.6 Å². The molecule has 0 aliphatic carbocycles. The van der Waals surface area contributed by atoms with Crippen LogP contribution in [-0.4, -0.2) is 58.0 Å². The lowest BCUT2D eigenvalue weighted by atomic mass is 10.1. The number of rotatable bonds is 6. The van der Waals surface area contributed by atoms with E-state index >= 15 is 0 Å². The van der Waals surface area contributed by atoms with Gasteiger partial charge in [0.15, 0.2) is 0 Å². The number of hydrogen-bond donors (Lipinski definition) is 2. The summed E-state index contributed by atoms with van der Waals surface area (Å²) in [7, 11) is 0. The second kappa shape index (κ2) is 8.24. The maximum atomic E-state index is 12.2. The molecule has 0 bridgehead atoms. The molecule has 8 nitrogen and oxygen atoms in total. The number of nitrogens with zero attached hydrogens (tertiary/aromatic N) is 3. The van der Waals surface area contributed by atoms with Gasteiger partial charge in [-0.3, -0.25) is 19.1 Å². The monoisotopic (exact) mass is 349 g/mol. The van der Waals surface area contributed by atoms with Crippen LogP contribution in [0.3, 0.4) is 0 Å². The first-order valence-corrected chi connectivity index (χ1v) is 8.65. The first-order chi connectivity index (χ1) is 11.8. The lowest BCUT2D eigenvalue weighted by Gasteiger charge is -2.37. The summed E-state index contributed by atoms with van der Waals surface area (Å²) in [5.74, 6) is -0.302. The van der Waals surface area contributed by atoms with Gasteiger partial charge in [-0.15, -0.1) is 0 Å². The molecule has 138 valence electrons. The summed E-state index contributed by atoms with van der Waals surface area (Å²) in [6, 6.07) is 1.58. The zero-order valence-electron chi connectivity index (χ0n) is 15.3. The second-order valence-electron chi connectivity index (χ2n) is 6.67. The number of carbonyl (C=O) groups is 2. The summed E-state index contributed by atoms with van der Waals surface area (Å²) in [5.41, 5.74) is 1.17. The largest absolute Gasteiger partial charge is 0.354 e. The van der Waals surface area contributed by atoms with Crippen molar-refractivity contribution in [2.45, 2.75) is 52.7 Å². The fourth-order valence-electron chi connectivity index (χ4n) is 3.16. The predicted octanol–water partition coefficient (Wildman–Crippen LogP) is -0.425. The van der Waals surface area contributed by atoms with E-state index in [1.54, 1.807) is 6.92 Å². The highest BCUT2D eigenvalue weighted by molar-refractivity contribution is 5.88. The van der Waals surface area contributed by atoms with Gasteiger partial charge < -0.3 is 10.6 Å². The van der Waals surface area contributed by atoms with Crippen molar-refractivity contribution in [2.24, 2.45) is 0 Å². The maximum Gasteiger partial charge on any atom is 0.348 e. The molecule has 1 atom stereocenters. The van der Waals surface area contributed by atoms with Crippen molar-refractivity contribution in [3.8, 4) is 0 Å². The number of piperazine rings is 1. The molecule has 25 heavy (non-hydrogen) atoms. The smallest absolute Gasteiger partial charge is 0.348 e. The van der Waals surface area contributed by atoms with Gasteiger partial charge in [0.25, 0.3) is 0 Å². The van der Waals surface area contributed by atoms with E-state index in [0.29, 0.717) is 25.3 Å². The van der Waals surface area contributed by atoms with Crippen LogP contribution < -0.4 is 16.3 Å². The maximum absolute atomic E-state index is 12.2. The fourth-order valence-corrected chi connectivity index (χ4v) is 3.16. The van der Waals surface area contributed by atoms with Crippen LogP contribution in [-0.2, 0) is 16.1 Å².